The molecule has 1 aromatic heterocycles. The van der Waals surface area contributed by atoms with Gasteiger partial charge in [0.15, 0.2) is 0 Å². The van der Waals surface area contributed by atoms with Gasteiger partial charge < -0.3 is 15.5 Å². The van der Waals surface area contributed by atoms with Gasteiger partial charge in [0.05, 0.1) is 5.56 Å². The van der Waals surface area contributed by atoms with Crippen LogP contribution < -0.4 is 15.5 Å². The highest BCUT2D eigenvalue weighted by atomic mass is 16.1. The third kappa shape index (κ3) is 5.07. The largest absolute Gasteiger partial charge is 0.372 e. The van der Waals surface area contributed by atoms with Crippen molar-refractivity contribution >= 4 is 23.2 Å². The Morgan fingerprint density at radius 1 is 0.929 bits per heavy atom. The Labute approximate surface area is 165 Å². The Morgan fingerprint density at radius 3 is 2.18 bits per heavy atom. The van der Waals surface area contributed by atoms with Crippen molar-refractivity contribution in [1.29, 1.82) is 0 Å². The Bertz CT molecular complexity index is 875. The predicted octanol–water partition coefficient (Wildman–Crippen LogP) is 4.00. The third-order valence-electron chi connectivity index (χ3n) is 4.46. The van der Waals surface area contributed by atoms with Gasteiger partial charge in [0.25, 0.3) is 5.91 Å². The summed E-state index contributed by atoms with van der Waals surface area (Å²) in [5.41, 5.74) is 3.56. The van der Waals surface area contributed by atoms with Crippen molar-refractivity contribution in [3.63, 3.8) is 0 Å². The standard InChI is InChI=1S/C22H25N5O/c1-3-27(4-2)20-12-10-19(11-13-20)26-22-24-15-18(16-25-22)21(28)23-14-17-8-6-5-7-9-17/h5-13,15-16H,3-4,14H2,1-2H3,(H,23,28)(H,24,25,26). The van der Waals surface area contributed by atoms with Gasteiger partial charge in [-0.25, -0.2) is 9.97 Å². The number of hydrogen-bond donors (Lipinski definition) is 2. The molecule has 2 N–H and O–H groups in total. The number of nitrogens with one attached hydrogen (secondary N) is 2. The highest BCUT2D eigenvalue weighted by Crippen LogP contribution is 2.19. The Morgan fingerprint density at radius 2 is 1.57 bits per heavy atom. The summed E-state index contributed by atoms with van der Waals surface area (Å²) in [5.74, 6) is 0.258. The molecule has 0 spiro atoms. The zero-order chi connectivity index (χ0) is 19.8. The second kappa shape index (κ2) is 9.50. The summed E-state index contributed by atoms with van der Waals surface area (Å²) in [7, 11) is 0. The molecule has 0 aliphatic heterocycles. The van der Waals surface area contributed by atoms with Crippen molar-refractivity contribution in [3.05, 3.63) is 78.1 Å². The molecule has 6 heteroatoms. The summed E-state index contributed by atoms with van der Waals surface area (Å²) in [6, 6.07) is 17.9. The number of carbonyl (C=O) groups is 1. The summed E-state index contributed by atoms with van der Waals surface area (Å²) >= 11 is 0. The van der Waals surface area contributed by atoms with E-state index in [1.54, 1.807) is 0 Å². The maximum atomic E-state index is 12.2. The number of carbonyl (C=O) groups excluding carboxylic acids is 1. The van der Waals surface area contributed by atoms with Gasteiger partial charge in [0.1, 0.15) is 0 Å². The topological polar surface area (TPSA) is 70.2 Å². The van der Waals surface area contributed by atoms with Gasteiger partial charge in [0.2, 0.25) is 5.95 Å². The minimum Gasteiger partial charge on any atom is -0.372 e. The lowest BCUT2D eigenvalue weighted by Crippen LogP contribution is -2.23. The van der Waals surface area contributed by atoms with E-state index < -0.39 is 0 Å². The third-order valence-corrected chi connectivity index (χ3v) is 4.46. The van der Waals surface area contributed by atoms with Crippen LogP contribution in [0.15, 0.2) is 67.0 Å². The second-order valence-electron chi connectivity index (χ2n) is 6.31. The lowest BCUT2D eigenvalue weighted by Gasteiger charge is -2.21. The van der Waals surface area contributed by atoms with Crippen LogP contribution in [-0.2, 0) is 6.54 Å². The lowest BCUT2D eigenvalue weighted by molar-refractivity contribution is 0.0950. The van der Waals surface area contributed by atoms with Gasteiger partial charge in [-0.3, -0.25) is 4.79 Å². The molecule has 0 saturated heterocycles. The molecule has 0 fully saturated rings. The van der Waals surface area contributed by atoms with Crippen LogP contribution in [0.2, 0.25) is 0 Å². The van der Waals surface area contributed by atoms with E-state index >= 15 is 0 Å². The highest BCUT2D eigenvalue weighted by Gasteiger charge is 2.08. The summed E-state index contributed by atoms with van der Waals surface area (Å²) in [4.78, 5) is 23.0. The van der Waals surface area contributed by atoms with Crippen LogP contribution in [0.1, 0.15) is 29.8 Å². The molecule has 0 atom stereocenters. The van der Waals surface area contributed by atoms with E-state index in [-0.39, 0.29) is 5.91 Å². The van der Waals surface area contributed by atoms with E-state index in [2.05, 4.69) is 51.5 Å². The fourth-order valence-corrected chi connectivity index (χ4v) is 2.86. The molecule has 2 aromatic carbocycles. The first kappa shape index (κ1) is 19.4. The maximum Gasteiger partial charge on any atom is 0.254 e. The minimum absolute atomic E-state index is 0.195. The average molecular weight is 375 g/mol. The van der Waals surface area contributed by atoms with Crippen LogP contribution in [0.4, 0.5) is 17.3 Å². The molecule has 0 radical (unpaired) electrons. The number of benzene rings is 2. The van der Waals surface area contributed by atoms with Crippen LogP contribution >= 0.6 is 0 Å². The fraction of sp³-hybridized carbons (Fsp3) is 0.227. The first-order valence-electron chi connectivity index (χ1n) is 9.45. The number of nitrogens with zero attached hydrogens (tertiary/aromatic N) is 3. The Kier molecular flexibility index (Phi) is 6.57. The molecular formula is C22H25N5O. The van der Waals surface area contributed by atoms with Gasteiger partial charge in [-0.2, -0.15) is 0 Å². The molecule has 0 bridgehead atoms. The highest BCUT2D eigenvalue weighted by molar-refractivity contribution is 5.93. The van der Waals surface area contributed by atoms with Crippen molar-refractivity contribution in [2.24, 2.45) is 0 Å². The van der Waals surface area contributed by atoms with E-state index in [1.165, 1.54) is 18.1 Å². The van der Waals surface area contributed by atoms with Crippen molar-refractivity contribution in [3.8, 4) is 0 Å². The summed E-state index contributed by atoms with van der Waals surface area (Å²) in [6.07, 6.45) is 3.06. The van der Waals surface area contributed by atoms with E-state index in [9.17, 15) is 4.79 Å². The number of hydrogen-bond acceptors (Lipinski definition) is 5. The van der Waals surface area contributed by atoms with Gasteiger partial charge >= 0.3 is 0 Å². The Balaban J connectivity index is 1.57. The average Bonchev–Trinajstić information content (AvgIpc) is 2.75. The van der Waals surface area contributed by atoms with E-state index in [4.69, 9.17) is 0 Å². The van der Waals surface area contributed by atoms with Gasteiger partial charge in [-0.1, -0.05) is 30.3 Å². The van der Waals surface area contributed by atoms with Gasteiger partial charge in [0, 0.05) is 43.4 Å². The van der Waals surface area contributed by atoms with E-state index in [0.717, 1.165) is 24.3 Å². The number of aromatic nitrogens is 2. The monoisotopic (exact) mass is 375 g/mol. The van der Waals surface area contributed by atoms with Gasteiger partial charge in [-0.05, 0) is 43.7 Å². The summed E-state index contributed by atoms with van der Waals surface area (Å²) < 4.78 is 0. The van der Waals surface area contributed by atoms with Crippen molar-refractivity contribution < 1.29 is 4.79 Å². The molecule has 1 amide bonds. The molecular weight excluding hydrogens is 350 g/mol. The molecule has 3 rings (SSSR count). The Hall–Kier alpha value is -3.41. The number of rotatable bonds is 8. The van der Waals surface area contributed by atoms with Crippen LogP contribution in [-0.4, -0.2) is 29.0 Å². The molecule has 0 aliphatic rings. The van der Waals surface area contributed by atoms with Gasteiger partial charge in [-0.15, -0.1) is 0 Å². The molecule has 0 unspecified atom stereocenters. The second-order valence-corrected chi connectivity index (χ2v) is 6.31. The summed E-state index contributed by atoms with van der Waals surface area (Å²) in [5, 5.41) is 6.03. The molecule has 28 heavy (non-hydrogen) atoms. The number of amides is 1. The number of anilines is 3. The molecule has 144 valence electrons. The first-order valence-corrected chi connectivity index (χ1v) is 9.45. The smallest absolute Gasteiger partial charge is 0.254 e. The van der Waals surface area contributed by atoms with E-state index in [0.29, 0.717) is 18.1 Å². The zero-order valence-corrected chi connectivity index (χ0v) is 16.2. The van der Waals surface area contributed by atoms with Crippen LogP contribution in [0.25, 0.3) is 0 Å². The normalized spacial score (nSPS) is 10.4. The van der Waals surface area contributed by atoms with Crippen molar-refractivity contribution in [1.82, 2.24) is 15.3 Å². The van der Waals surface area contributed by atoms with Crippen LogP contribution in [0, 0.1) is 0 Å². The van der Waals surface area contributed by atoms with Crippen molar-refractivity contribution in [2.75, 3.05) is 23.3 Å². The fourth-order valence-electron chi connectivity index (χ4n) is 2.86. The van der Waals surface area contributed by atoms with E-state index in [1.807, 2.05) is 42.5 Å². The SMILES string of the molecule is CCN(CC)c1ccc(Nc2ncc(C(=O)NCc3ccccc3)cn2)cc1. The maximum absolute atomic E-state index is 12.2. The predicted molar refractivity (Wildman–Crippen MR) is 113 cm³/mol. The van der Waals surface area contributed by atoms with Crippen LogP contribution in [0.3, 0.4) is 0 Å². The lowest BCUT2D eigenvalue weighted by atomic mass is 10.2. The molecule has 6 nitrogen and oxygen atoms in total. The molecule has 0 aliphatic carbocycles. The molecule has 3 aromatic rings. The first-order chi connectivity index (χ1) is 13.7. The van der Waals surface area contributed by atoms with Crippen molar-refractivity contribution in [2.45, 2.75) is 20.4 Å². The molecule has 0 saturated carbocycles. The molecule has 1 heterocycles. The van der Waals surface area contributed by atoms with Crippen LogP contribution in [0.5, 0.6) is 0 Å². The quantitative estimate of drug-likeness (QED) is 0.623. The zero-order valence-electron chi connectivity index (χ0n) is 16.2. The summed E-state index contributed by atoms with van der Waals surface area (Å²) in [6.45, 7) is 6.70. The minimum atomic E-state index is -0.195.